The molecule has 0 spiro atoms. The second-order valence-corrected chi connectivity index (χ2v) is 6.24. The number of carbonyl (C=O) groups excluding carboxylic acids is 1. The normalized spacial score (nSPS) is 10.6. The minimum Gasteiger partial charge on any atom is -0.326 e. The van der Waals surface area contributed by atoms with E-state index in [-0.39, 0.29) is 5.91 Å². The molecule has 2 nitrogen and oxygen atoms in total. The first-order valence-corrected chi connectivity index (χ1v) is 7.80. The molecule has 22 heavy (non-hydrogen) atoms. The van der Waals surface area contributed by atoms with E-state index in [0.29, 0.717) is 6.42 Å². The summed E-state index contributed by atoms with van der Waals surface area (Å²) >= 11 is 0. The van der Waals surface area contributed by atoms with Crippen molar-refractivity contribution in [3.05, 3.63) is 63.7 Å². The lowest BCUT2D eigenvalue weighted by molar-refractivity contribution is -0.116. The van der Waals surface area contributed by atoms with Gasteiger partial charge in [-0.3, -0.25) is 4.79 Å². The fraction of sp³-hybridized carbons (Fsp3) is 0.350. The highest BCUT2D eigenvalue weighted by molar-refractivity contribution is 5.92. The highest BCUT2D eigenvalue weighted by atomic mass is 16.1. The maximum Gasteiger partial charge on any atom is 0.224 e. The number of amides is 1. The van der Waals surface area contributed by atoms with Crippen LogP contribution < -0.4 is 5.32 Å². The second-order valence-electron chi connectivity index (χ2n) is 6.24. The van der Waals surface area contributed by atoms with Gasteiger partial charge >= 0.3 is 0 Å². The average Bonchev–Trinajstić information content (AvgIpc) is 2.44. The van der Waals surface area contributed by atoms with Gasteiger partial charge in [-0.05, 0) is 68.9 Å². The van der Waals surface area contributed by atoms with Crippen LogP contribution in [-0.2, 0) is 11.2 Å². The van der Waals surface area contributed by atoms with Crippen LogP contribution >= 0.6 is 0 Å². The highest BCUT2D eigenvalue weighted by Crippen LogP contribution is 2.22. The molecule has 0 saturated heterocycles. The van der Waals surface area contributed by atoms with Crippen LogP contribution in [0.3, 0.4) is 0 Å². The first kappa shape index (κ1) is 16.3. The first-order chi connectivity index (χ1) is 10.4. The van der Waals surface area contributed by atoms with Crippen LogP contribution in [-0.4, -0.2) is 5.91 Å². The van der Waals surface area contributed by atoms with Crippen LogP contribution in [0.2, 0.25) is 0 Å². The van der Waals surface area contributed by atoms with Gasteiger partial charge in [-0.15, -0.1) is 0 Å². The Hall–Kier alpha value is -2.09. The third-order valence-electron chi connectivity index (χ3n) is 4.15. The molecule has 2 heteroatoms. The highest BCUT2D eigenvalue weighted by Gasteiger charge is 2.08. The molecule has 0 saturated carbocycles. The van der Waals surface area contributed by atoms with Gasteiger partial charge < -0.3 is 5.32 Å². The van der Waals surface area contributed by atoms with E-state index in [1.54, 1.807) is 0 Å². The molecule has 0 radical (unpaired) electrons. The van der Waals surface area contributed by atoms with Crippen LogP contribution in [0.25, 0.3) is 0 Å². The van der Waals surface area contributed by atoms with Crippen LogP contribution in [0.5, 0.6) is 0 Å². The van der Waals surface area contributed by atoms with Crippen LogP contribution in [0.1, 0.15) is 39.8 Å². The molecule has 0 aromatic heterocycles. The number of hydrogen-bond acceptors (Lipinski definition) is 1. The monoisotopic (exact) mass is 295 g/mol. The summed E-state index contributed by atoms with van der Waals surface area (Å²) < 4.78 is 0. The van der Waals surface area contributed by atoms with Gasteiger partial charge in [0.25, 0.3) is 0 Å². The lowest BCUT2D eigenvalue weighted by atomic mass is 10.0. The molecule has 2 aromatic rings. The van der Waals surface area contributed by atoms with E-state index in [1.807, 2.05) is 13.8 Å². The van der Waals surface area contributed by atoms with Gasteiger partial charge in [0.1, 0.15) is 0 Å². The zero-order valence-corrected chi connectivity index (χ0v) is 14.2. The van der Waals surface area contributed by atoms with E-state index in [0.717, 1.165) is 23.2 Å². The van der Waals surface area contributed by atoms with E-state index in [4.69, 9.17) is 0 Å². The number of hydrogen-bond donors (Lipinski definition) is 1. The Morgan fingerprint density at radius 2 is 1.50 bits per heavy atom. The van der Waals surface area contributed by atoms with Crippen LogP contribution in [0.4, 0.5) is 5.69 Å². The summed E-state index contributed by atoms with van der Waals surface area (Å²) in [5.41, 5.74) is 8.21. The Morgan fingerprint density at radius 3 is 2.09 bits per heavy atom. The molecule has 2 rings (SSSR count). The molecule has 0 fully saturated rings. The maximum absolute atomic E-state index is 12.2. The van der Waals surface area contributed by atoms with Crippen molar-refractivity contribution >= 4 is 11.6 Å². The number of rotatable bonds is 4. The molecule has 0 aliphatic rings. The van der Waals surface area contributed by atoms with Gasteiger partial charge in [0.2, 0.25) is 5.91 Å². The van der Waals surface area contributed by atoms with Crippen molar-refractivity contribution in [2.75, 3.05) is 5.32 Å². The Morgan fingerprint density at radius 1 is 0.864 bits per heavy atom. The van der Waals surface area contributed by atoms with Gasteiger partial charge in [0, 0.05) is 12.1 Å². The molecule has 0 heterocycles. The second kappa shape index (κ2) is 6.78. The molecule has 0 bridgehead atoms. The zero-order chi connectivity index (χ0) is 16.3. The summed E-state index contributed by atoms with van der Waals surface area (Å²) in [5.74, 6) is 0.0771. The lowest BCUT2D eigenvalue weighted by Gasteiger charge is -2.13. The number of carbonyl (C=O) groups is 1. The van der Waals surface area contributed by atoms with Crippen LogP contribution in [0, 0.1) is 34.6 Å². The Kier molecular flexibility index (Phi) is 5.02. The Bertz CT molecular complexity index is 678. The maximum atomic E-state index is 12.2. The van der Waals surface area contributed by atoms with E-state index >= 15 is 0 Å². The summed E-state index contributed by atoms with van der Waals surface area (Å²) in [6, 6.07) is 10.6. The molecular weight excluding hydrogens is 270 g/mol. The summed E-state index contributed by atoms with van der Waals surface area (Å²) in [7, 11) is 0. The molecule has 0 atom stereocenters. The van der Waals surface area contributed by atoms with Crippen molar-refractivity contribution in [2.24, 2.45) is 0 Å². The molecule has 1 amide bonds. The number of anilines is 1. The van der Waals surface area contributed by atoms with Gasteiger partial charge in [-0.1, -0.05) is 35.9 Å². The van der Waals surface area contributed by atoms with Gasteiger partial charge in [0.15, 0.2) is 0 Å². The SMILES string of the molecule is Cc1cc(C)c(NC(=O)CCc2ccc(C)c(C)c2)c(C)c1. The number of aryl methyl sites for hydroxylation is 6. The molecule has 2 aromatic carbocycles. The summed E-state index contributed by atoms with van der Waals surface area (Å²) in [4.78, 5) is 12.2. The fourth-order valence-electron chi connectivity index (χ4n) is 2.80. The number of nitrogens with one attached hydrogen (secondary N) is 1. The quantitative estimate of drug-likeness (QED) is 0.862. The molecule has 0 aliphatic heterocycles. The molecule has 0 aliphatic carbocycles. The van der Waals surface area contributed by atoms with E-state index < -0.39 is 0 Å². The minimum atomic E-state index is 0.0771. The fourth-order valence-corrected chi connectivity index (χ4v) is 2.80. The van der Waals surface area contributed by atoms with Crippen molar-refractivity contribution < 1.29 is 4.79 Å². The molecular formula is C20H25NO. The Labute approximate surface area is 133 Å². The number of benzene rings is 2. The Balaban J connectivity index is 2.00. The predicted octanol–water partition coefficient (Wildman–Crippen LogP) is 4.80. The summed E-state index contributed by atoms with van der Waals surface area (Å²) in [5, 5.41) is 3.06. The lowest BCUT2D eigenvalue weighted by Crippen LogP contribution is -2.14. The summed E-state index contributed by atoms with van der Waals surface area (Å²) in [6.07, 6.45) is 1.28. The first-order valence-electron chi connectivity index (χ1n) is 7.80. The van der Waals surface area contributed by atoms with Crippen molar-refractivity contribution in [3.8, 4) is 0 Å². The average molecular weight is 295 g/mol. The standard InChI is InChI=1S/C20H25NO/c1-13-10-16(4)20(17(5)11-13)21-19(22)9-8-18-7-6-14(2)15(3)12-18/h6-7,10-12H,8-9H2,1-5H3,(H,21,22). The van der Waals surface area contributed by atoms with Crippen LogP contribution in [0.15, 0.2) is 30.3 Å². The third kappa shape index (κ3) is 3.97. The van der Waals surface area contributed by atoms with Gasteiger partial charge in [0.05, 0.1) is 0 Å². The van der Waals surface area contributed by atoms with E-state index in [2.05, 4.69) is 56.4 Å². The van der Waals surface area contributed by atoms with Crippen molar-refractivity contribution in [1.29, 1.82) is 0 Å². The third-order valence-corrected chi connectivity index (χ3v) is 4.15. The molecule has 116 valence electrons. The van der Waals surface area contributed by atoms with Gasteiger partial charge in [-0.25, -0.2) is 0 Å². The predicted molar refractivity (Wildman–Crippen MR) is 93.5 cm³/mol. The van der Waals surface area contributed by atoms with E-state index in [1.165, 1.54) is 22.3 Å². The largest absolute Gasteiger partial charge is 0.326 e. The van der Waals surface area contributed by atoms with E-state index in [9.17, 15) is 4.79 Å². The smallest absolute Gasteiger partial charge is 0.224 e. The van der Waals surface area contributed by atoms with Gasteiger partial charge in [-0.2, -0.15) is 0 Å². The summed E-state index contributed by atoms with van der Waals surface area (Å²) in [6.45, 7) is 10.4. The topological polar surface area (TPSA) is 29.1 Å². The minimum absolute atomic E-state index is 0.0771. The molecule has 1 N–H and O–H groups in total. The van der Waals surface area contributed by atoms with Crippen molar-refractivity contribution in [2.45, 2.75) is 47.5 Å². The zero-order valence-electron chi connectivity index (χ0n) is 14.2. The van der Waals surface area contributed by atoms with Crippen molar-refractivity contribution in [3.63, 3.8) is 0 Å². The molecule has 0 unspecified atom stereocenters. The van der Waals surface area contributed by atoms with Crippen molar-refractivity contribution in [1.82, 2.24) is 0 Å².